The Balaban J connectivity index is 1.63. The molecule has 0 N–H and O–H groups in total. The minimum Gasteiger partial charge on any atom is -0.277 e. The fourth-order valence-corrected chi connectivity index (χ4v) is 5.35. The molecule has 0 spiro atoms. The summed E-state index contributed by atoms with van der Waals surface area (Å²) in [6.07, 6.45) is 0. The molecule has 0 fully saturated rings. The van der Waals surface area contributed by atoms with Crippen LogP contribution in [0.5, 0.6) is 0 Å². The van der Waals surface area contributed by atoms with Gasteiger partial charge in [-0.3, -0.25) is 4.57 Å². The van der Waals surface area contributed by atoms with Crippen molar-refractivity contribution >= 4 is 21.8 Å². The predicted molar refractivity (Wildman–Crippen MR) is 160 cm³/mol. The second-order valence-corrected chi connectivity index (χ2v) is 9.52. The molecule has 6 heteroatoms. The van der Waals surface area contributed by atoms with Crippen LogP contribution in [0.1, 0.15) is 11.1 Å². The zero-order valence-electron chi connectivity index (χ0n) is 21.7. The molecule has 7 rings (SSSR count). The number of fused-ring (bicyclic) bond motifs is 3. The topological polar surface area (TPSA) is 91.2 Å². The number of benzene rings is 5. The Morgan fingerprint density at radius 3 is 1.66 bits per heavy atom. The van der Waals surface area contributed by atoms with Crippen LogP contribution in [0.3, 0.4) is 0 Å². The highest BCUT2D eigenvalue weighted by Gasteiger charge is 2.22. The van der Waals surface area contributed by atoms with Gasteiger partial charge in [-0.2, -0.15) is 20.5 Å². The summed E-state index contributed by atoms with van der Waals surface area (Å²) in [4.78, 5) is 14.9. The largest absolute Gasteiger partial charge is 0.277 e. The standard InChI is InChI=1S/C35H20N6/c36-21-25-15-9-16-26(22-37)31(25)29-19-10-18-28-27-17-7-8-20-30(27)41(32(28)29)35-39-33(23-11-3-1-4-12-23)38-34(40-35)24-13-5-2-6-14-24/h1-20H. The minimum atomic E-state index is 0.430. The number of hydrogen-bond acceptors (Lipinski definition) is 5. The molecule has 0 bridgehead atoms. The lowest BCUT2D eigenvalue weighted by atomic mass is 9.93. The second-order valence-electron chi connectivity index (χ2n) is 9.52. The van der Waals surface area contributed by atoms with Crippen molar-refractivity contribution in [1.29, 1.82) is 10.5 Å². The number of nitriles is 2. The lowest BCUT2D eigenvalue weighted by Crippen LogP contribution is -2.07. The Hall–Kier alpha value is -6.11. The minimum absolute atomic E-state index is 0.430. The van der Waals surface area contributed by atoms with Crippen LogP contribution in [-0.2, 0) is 0 Å². The smallest absolute Gasteiger partial charge is 0.238 e. The van der Waals surface area contributed by atoms with Gasteiger partial charge in [-0.1, -0.05) is 103 Å². The normalized spacial score (nSPS) is 10.9. The van der Waals surface area contributed by atoms with E-state index in [4.69, 9.17) is 15.0 Å². The van der Waals surface area contributed by atoms with E-state index < -0.39 is 0 Å². The summed E-state index contributed by atoms with van der Waals surface area (Å²) in [7, 11) is 0. The summed E-state index contributed by atoms with van der Waals surface area (Å²) < 4.78 is 2.02. The summed E-state index contributed by atoms with van der Waals surface area (Å²) in [5.41, 5.74) is 5.68. The van der Waals surface area contributed by atoms with Crippen LogP contribution in [-0.4, -0.2) is 19.5 Å². The van der Waals surface area contributed by atoms with Crippen LogP contribution in [0.15, 0.2) is 121 Å². The quantitative estimate of drug-likeness (QED) is 0.235. The monoisotopic (exact) mass is 524 g/mol. The fraction of sp³-hybridized carbons (Fsp3) is 0. The first-order valence-corrected chi connectivity index (χ1v) is 13.1. The summed E-state index contributed by atoms with van der Waals surface area (Å²) >= 11 is 0. The van der Waals surface area contributed by atoms with E-state index in [1.54, 1.807) is 18.2 Å². The fourth-order valence-electron chi connectivity index (χ4n) is 5.35. The van der Waals surface area contributed by atoms with Crippen molar-refractivity contribution in [3.63, 3.8) is 0 Å². The first-order chi connectivity index (χ1) is 20.3. The van der Waals surface area contributed by atoms with Gasteiger partial charge < -0.3 is 0 Å². The maximum absolute atomic E-state index is 10.0. The van der Waals surface area contributed by atoms with E-state index in [0.717, 1.165) is 38.5 Å². The van der Waals surface area contributed by atoms with Gasteiger partial charge in [0.05, 0.1) is 34.3 Å². The summed E-state index contributed by atoms with van der Waals surface area (Å²) in [5.74, 6) is 1.55. The van der Waals surface area contributed by atoms with E-state index in [-0.39, 0.29) is 0 Å². The number of para-hydroxylation sites is 2. The summed E-state index contributed by atoms with van der Waals surface area (Å²) in [6, 6.07) is 43.5. The van der Waals surface area contributed by atoms with Crippen molar-refractivity contribution in [2.75, 3.05) is 0 Å². The van der Waals surface area contributed by atoms with E-state index >= 15 is 0 Å². The highest BCUT2D eigenvalue weighted by molar-refractivity contribution is 6.14. The average Bonchev–Trinajstić information content (AvgIpc) is 3.40. The van der Waals surface area contributed by atoms with Crippen molar-refractivity contribution in [3.8, 4) is 52.0 Å². The van der Waals surface area contributed by atoms with Crippen molar-refractivity contribution in [3.05, 3.63) is 132 Å². The van der Waals surface area contributed by atoms with Gasteiger partial charge in [0.1, 0.15) is 0 Å². The molecular weight excluding hydrogens is 504 g/mol. The maximum Gasteiger partial charge on any atom is 0.238 e. The molecule has 41 heavy (non-hydrogen) atoms. The zero-order chi connectivity index (χ0) is 27.8. The number of rotatable bonds is 4. The van der Waals surface area contributed by atoms with Crippen LogP contribution >= 0.6 is 0 Å². The third-order valence-corrected chi connectivity index (χ3v) is 7.16. The van der Waals surface area contributed by atoms with Gasteiger partial charge in [0.2, 0.25) is 5.95 Å². The molecule has 0 radical (unpaired) electrons. The molecule has 2 heterocycles. The van der Waals surface area contributed by atoms with Gasteiger partial charge in [0.25, 0.3) is 0 Å². The molecule has 0 saturated carbocycles. The van der Waals surface area contributed by atoms with Gasteiger partial charge in [0, 0.05) is 33.0 Å². The molecule has 0 atom stereocenters. The Kier molecular flexibility index (Phi) is 5.78. The Bertz CT molecular complexity index is 2080. The van der Waals surface area contributed by atoms with Gasteiger partial charge >= 0.3 is 0 Å². The molecule has 2 aromatic heterocycles. The van der Waals surface area contributed by atoms with Gasteiger partial charge in [0.15, 0.2) is 11.6 Å². The van der Waals surface area contributed by atoms with E-state index in [2.05, 4.69) is 24.3 Å². The molecule has 6 nitrogen and oxygen atoms in total. The second kappa shape index (κ2) is 9.89. The van der Waals surface area contributed by atoms with Gasteiger partial charge in [-0.05, 0) is 18.2 Å². The van der Waals surface area contributed by atoms with Crippen molar-refractivity contribution in [2.45, 2.75) is 0 Å². The summed E-state index contributed by atoms with van der Waals surface area (Å²) in [5, 5.41) is 22.0. The molecule has 0 aliphatic rings. The Labute approximate surface area is 236 Å². The van der Waals surface area contributed by atoms with Crippen LogP contribution in [0.25, 0.3) is 61.7 Å². The highest BCUT2D eigenvalue weighted by Crippen LogP contribution is 2.40. The molecule has 0 saturated heterocycles. The number of hydrogen-bond donors (Lipinski definition) is 0. The Morgan fingerprint density at radius 1 is 0.512 bits per heavy atom. The van der Waals surface area contributed by atoms with E-state index in [1.165, 1.54) is 0 Å². The van der Waals surface area contributed by atoms with Gasteiger partial charge in [-0.15, -0.1) is 0 Å². The molecule has 0 unspecified atom stereocenters. The molecule has 5 aromatic carbocycles. The summed E-state index contributed by atoms with van der Waals surface area (Å²) in [6.45, 7) is 0. The van der Waals surface area contributed by atoms with Crippen LogP contribution in [0.4, 0.5) is 0 Å². The molecule has 0 aliphatic heterocycles. The SMILES string of the molecule is N#Cc1cccc(C#N)c1-c1cccc2c3ccccc3n(-c3nc(-c4ccccc4)nc(-c4ccccc4)n3)c12. The first-order valence-electron chi connectivity index (χ1n) is 13.1. The van der Waals surface area contributed by atoms with Crippen LogP contribution in [0.2, 0.25) is 0 Å². The predicted octanol–water partition coefficient (Wildman–Crippen LogP) is 7.71. The number of nitrogens with zero attached hydrogens (tertiary/aromatic N) is 6. The lowest BCUT2D eigenvalue weighted by molar-refractivity contribution is 0.954. The highest BCUT2D eigenvalue weighted by atomic mass is 15.2. The van der Waals surface area contributed by atoms with Crippen LogP contribution < -0.4 is 0 Å². The molecule has 0 amide bonds. The Morgan fingerprint density at radius 2 is 1.05 bits per heavy atom. The van der Waals surface area contributed by atoms with Gasteiger partial charge in [-0.25, -0.2) is 4.98 Å². The zero-order valence-corrected chi connectivity index (χ0v) is 21.7. The first kappa shape index (κ1) is 24.0. The molecule has 190 valence electrons. The van der Waals surface area contributed by atoms with Crippen LogP contribution in [0, 0.1) is 22.7 Å². The third kappa shape index (κ3) is 3.99. The third-order valence-electron chi connectivity index (χ3n) is 7.16. The van der Waals surface area contributed by atoms with E-state index in [1.807, 2.05) is 95.6 Å². The van der Waals surface area contributed by atoms with Crippen molar-refractivity contribution in [1.82, 2.24) is 19.5 Å². The number of aromatic nitrogens is 4. The average molecular weight is 525 g/mol. The maximum atomic E-state index is 10.0. The molecular formula is C35H20N6. The van der Waals surface area contributed by atoms with E-state index in [9.17, 15) is 10.5 Å². The molecule has 0 aliphatic carbocycles. The van der Waals surface area contributed by atoms with E-state index in [0.29, 0.717) is 34.3 Å². The van der Waals surface area contributed by atoms with Crippen molar-refractivity contribution in [2.24, 2.45) is 0 Å². The lowest BCUT2D eigenvalue weighted by Gasteiger charge is -2.14. The van der Waals surface area contributed by atoms with Crippen molar-refractivity contribution < 1.29 is 0 Å². The molecule has 7 aromatic rings.